The van der Waals surface area contributed by atoms with E-state index in [2.05, 4.69) is 4.98 Å². The van der Waals surface area contributed by atoms with Gasteiger partial charge < -0.3 is 9.47 Å². The average Bonchev–Trinajstić information content (AvgIpc) is 2.71. The Morgan fingerprint density at radius 1 is 1.24 bits per heavy atom. The zero-order valence-electron chi connectivity index (χ0n) is 9.61. The first-order valence-corrected chi connectivity index (χ1v) is 5.37. The van der Waals surface area contributed by atoms with Gasteiger partial charge in [0.1, 0.15) is 0 Å². The molecule has 0 bridgehead atoms. The molecule has 4 nitrogen and oxygen atoms in total. The number of carbonyl (C=O) groups excluding carboxylic acids is 1. The molecule has 1 aliphatic heterocycles. The molecular weight excluding hydrogens is 218 g/mol. The van der Waals surface area contributed by atoms with E-state index in [0.717, 1.165) is 16.6 Å². The maximum Gasteiger partial charge on any atom is 0.231 e. The van der Waals surface area contributed by atoms with E-state index in [1.165, 1.54) is 0 Å². The predicted molar refractivity (Wildman–Crippen MR) is 62.6 cm³/mol. The van der Waals surface area contributed by atoms with Crippen molar-refractivity contribution < 1.29 is 14.3 Å². The summed E-state index contributed by atoms with van der Waals surface area (Å²) in [6, 6.07) is 5.55. The lowest BCUT2D eigenvalue weighted by Gasteiger charge is -2.05. The van der Waals surface area contributed by atoms with Gasteiger partial charge in [-0.25, -0.2) is 0 Å². The van der Waals surface area contributed by atoms with E-state index in [4.69, 9.17) is 9.47 Å². The molecule has 3 rings (SSSR count). The number of nitrogens with zero attached hydrogens (tertiary/aromatic N) is 1. The van der Waals surface area contributed by atoms with Crippen LogP contribution in [-0.4, -0.2) is 17.6 Å². The second-order valence-electron chi connectivity index (χ2n) is 4.08. The van der Waals surface area contributed by atoms with Crippen molar-refractivity contribution in [2.45, 2.75) is 13.8 Å². The molecule has 0 radical (unpaired) electrons. The summed E-state index contributed by atoms with van der Waals surface area (Å²) in [4.78, 5) is 15.9. The number of rotatable bonds is 1. The van der Waals surface area contributed by atoms with E-state index in [1.54, 1.807) is 6.92 Å². The molecule has 17 heavy (non-hydrogen) atoms. The number of hydrogen-bond donors (Lipinski definition) is 0. The summed E-state index contributed by atoms with van der Waals surface area (Å²) in [5.41, 5.74) is 2.21. The van der Waals surface area contributed by atoms with Crippen molar-refractivity contribution in [3.63, 3.8) is 0 Å². The molecule has 1 aliphatic rings. The second kappa shape index (κ2) is 3.45. The lowest BCUT2D eigenvalue weighted by Crippen LogP contribution is -1.98. The van der Waals surface area contributed by atoms with Gasteiger partial charge in [0.05, 0.1) is 5.52 Å². The Labute approximate surface area is 98.2 Å². The SMILES string of the molecule is CC(=O)c1cc2cc3c(cc2nc1C)OCO3. The van der Waals surface area contributed by atoms with Crippen LogP contribution in [0.3, 0.4) is 0 Å². The van der Waals surface area contributed by atoms with Crippen LogP contribution in [0.5, 0.6) is 11.5 Å². The van der Waals surface area contributed by atoms with Crippen LogP contribution in [0, 0.1) is 6.92 Å². The highest BCUT2D eigenvalue weighted by Gasteiger charge is 2.16. The molecule has 0 saturated heterocycles. The van der Waals surface area contributed by atoms with Crippen molar-refractivity contribution in [3.05, 3.63) is 29.5 Å². The topological polar surface area (TPSA) is 48.4 Å². The molecule has 0 saturated carbocycles. The number of carbonyl (C=O) groups is 1. The van der Waals surface area contributed by atoms with E-state index in [-0.39, 0.29) is 12.6 Å². The normalized spacial score (nSPS) is 13.1. The van der Waals surface area contributed by atoms with Gasteiger partial charge in [0.25, 0.3) is 0 Å². The van der Waals surface area contributed by atoms with Crippen LogP contribution in [-0.2, 0) is 0 Å². The van der Waals surface area contributed by atoms with Crippen molar-refractivity contribution >= 4 is 16.7 Å². The van der Waals surface area contributed by atoms with E-state index < -0.39 is 0 Å². The fraction of sp³-hybridized carbons (Fsp3) is 0.231. The molecule has 0 unspecified atom stereocenters. The molecule has 0 spiro atoms. The quantitative estimate of drug-likeness (QED) is 0.705. The second-order valence-corrected chi connectivity index (χ2v) is 4.08. The van der Waals surface area contributed by atoms with Crippen LogP contribution in [0.25, 0.3) is 10.9 Å². The number of fused-ring (bicyclic) bond motifs is 2. The number of hydrogen-bond acceptors (Lipinski definition) is 4. The van der Waals surface area contributed by atoms with Gasteiger partial charge in [0, 0.05) is 22.7 Å². The maximum atomic E-state index is 11.4. The molecule has 0 N–H and O–H groups in total. The third kappa shape index (κ3) is 1.53. The molecule has 1 aromatic carbocycles. The first-order valence-electron chi connectivity index (χ1n) is 5.37. The van der Waals surface area contributed by atoms with Crippen LogP contribution in [0.1, 0.15) is 23.0 Å². The largest absolute Gasteiger partial charge is 0.454 e. The van der Waals surface area contributed by atoms with Crippen molar-refractivity contribution in [1.29, 1.82) is 0 Å². The van der Waals surface area contributed by atoms with E-state index in [0.29, 0.717) is 17.1 Å². The molecule has 0 amide bonds. The number of aromatic nitrogens is 1. The highest BCUT2D eigenvalue weighted by atomic mass is 16.7. The molecule has 1 aromatic heterocycles. The van der Waals surface area contributed by atoms with E-state index in [1.807, 2.05) is 25.1 Å². The summed E-state index contributed by atoms with van der Waals surface area (Å²) >= 11 is 0. The summed E-state index contributed by atoms with van der Waals surface area (Å²) in [6.07, 6.45) is 0. The van der Waals surface area contributed by atoms with Crippen molar-refractivity contribution in [2.75, 3.05) is 6.79 Å². The molecule has 4 heteroatoms. The first-order chi connectivity index (χ1) is 8.15. The molecule has 0 aliphatic carbocycles. The zero-order valence-corrected chi connectivity index (χ0v) is 9.61. The third-order valence-corrected chi connectivity index (χ3v) is 2.88. The van der Waals surface area contributed by atoms with E-state index in [9.17, 15) is 4.79 Å². The summed E-state index contributed by atoms with van der Waals surface area (Å²) in [7, 11) is 0. The van der Waals surface area contributed by atoms with Gasteiger partial charge in [0.2, 0.25) is 6.79 Å². The standard InChI is InChI=1S/C13H11NO3/c1-7-10(8(2)15)3-9-4-12-13(17-6-16-12)5-11(9)14-7/h3-5H,6H2,1-2H3. The zero-order chi connectivity index (χ0) is 12.0. The summed E-state index contributed by atoms with van der Waals surface area (Å²) in [5.74, 6) is 1.44. The number of aryl methyl sites for hydroxylation is 1. The van der Waals surface area contributed by atoms with E-state index >= 15 is 0 Å². The number of pyridine rings is 1. The smallest absolute Gasteiger partial charge is 0.231 e. The Balaban J connectivity index is 2.29. The van der Waals surface area contributed by atoms with Gasteiger partial charge >= 0.3 is 0 Å². The molecule has 0 atom stereocenters. The van der Waals surface area contributed by atoms with Gasteiger partial charge in [-0.3, -0.25) is 9.78 Å². The summed E-state index contributed by atoms with van der Waals surface area (Å²) < 4.78 is 10.6. The van der Waals surface area contributed by atoms with Gasteiger partial charge in [-0.05, 0) is 26.0 Å². The van der Waals surface area contributed by atoms with Crippen molar-refractivity contribution in [3.8, 4) is 11.5 Å². The lowest BCUT2D eigenvalue weighted by molar-refractivity contribution is 0.101. The number of ether oxygens (including phenoxy) is 2. The molecule has 2 aromatic rings. The minimum Gasteiger partial charge on any atom is -0.454 e. The fourth-order valence-corrected chi connectivity index (χ4v) is 2.02. The Morgan fingerprint density at radius 3 is 2.65 bits per heavy atom. The van der Waals surface area contributed by atoms with Gasteiger partial charge in [-0.2, -0.15) is 0 Å². The highest BCUT2D eigenvalue weighted by Crippen LogP contribution is 2.35. The molecule has 0 fully saturated rings. The molecule has 2 heterocycles. The van der Waals surface area contributed by atoms with Gasteiger partial charge in [0.15, 0.2) is 17.3 Å². The Morgan fingerprint density at radius 2 is 1.94 bits per heavy atom. The average molecular weight is 229 g/mol. The number of ketones is 1. The van der Waals surface area contributed by atoms with Gasteiger partial charge in [-0.15, -0.1) is 0 Å². The summed E-state index contributed by atoms with van der Waals surface area (Å²) in [6.45, 7) is 3.62. The van der Waals surface area contributed by atoms with Crippen molar-refractivity contribution in [1.82, 2.24) is 4.98 Å². The highest BCUT2D eigenvalue weighted by molar-refractivity contribution is 5.99. The maximum absolute atomic E-state index is 11.4. The molecular formula is C13H11NO3. The van der Waals surface area contributed by atoms with Crippen LogP contribution in [0.2, 0.25) is 0 Å². The first kappa shape index (κ1) is 10.1. The minimum absolute atomic E-state index is 0.0227. The van der Waals surface area contributed by atoms with Crippen molar-refractivity contribution in [2.24, 2.45) is 0 Å². The number of Topliss-reactive ketones (excluding diaryl/α,β-unsaturated/α-hetero) is 1. The predicted octanol–water partition coefficient (Wildman–Crippen LogP) is 2.47. The Kier molecular flexibility index (Phi) is 2.04. The van der Waals surface area contributed by atoms with Crippen LogP contribution >= 0.6 is 0 Å². The Hall–Kier alpha value is -2.10. The third-order valence-electron chi connectivity index (χ3n) is 2.88. The fourth-order valence-electron chi connectivity index (χ4n) is 2.02. The summed E-state index contributed by atoms with van der Waals surface area (Å²) in [5, 5.41) is 0.894. The lowest BCUT2D eigenvalue weighted by atomic mass is 10.1. The minimum atomic E-state index is 0.0227. The number of benzene rings is 1. The molecule has 86 valence electrons. The monoisotopic (exact) mass is 229 g/mol. The Bertz CT molecular complexity index is 634. The van der Waals surface area contributed by atoms with Crippen LogP contribution in [0.4, 0.5) is 0 Å². The van der Waals surface area contributed by atoms with Gasteiger partial charge in [-0.1, -0.05) is 0 Å². The van der Waals surface area contributed by atoms with Crippen LogP contribution in [0.15, 0.2) is 18.2 Å². The van der Waals surface area contributed by atoms with Crippen LogP contribution < -0.4 is 9.47 Å².